The Kier molecular flexibility index (Phi) is 24.9. The molecule has 0 amide bonds. The summed E-state index contributed by atoms with van der Waals surface area (Å²) in [5.74, 6) is -229. The van der Waals surface area contributed by atoms with E-state index in [9.17, 15) is 207 Å². The third-order valence-corrected chi connectivity index (χ3v) is 12.9. The van der Waals surface area contributed by atoms with Gasteiger partial charge >= 0.3 is 148 Å². The van der Waals surface area contributed by atoms with Gasteiger partial charge in [0.1, 0.15) is 12.7 Å². The first kappa shape index (κ1) is 88.6. The Morgan fingerprint density at radius 1 is 0.247 bits per heavy atom. The van der Waals surface area contributed by atoms with Crippen LogP contribution in [0.3, 0.4) is 0 Å². The van der Waals surface area contributed by atoms with E-state index in [-0.39, 0.29) is 32.1 Å². The van der Waals surface area contributed by atoms with Crippen LogP contribution in [-0.4, -0.2) is 161 Å². The summed E-state index contributed by atoms with van der Waals surface area (Å²) in [7, 11) is 0. The van der Waals surface area contributed by atoms with E-state index >= 15 is 8.78 Å². The zero-order valence-corrected chi connectivity index (χ0v) is 44.4. The molecule has 0 saturated heterocycles. The topological polar surface area (TPSA) is 52.6 Å². The van der Waals surface area contributed by atoms with Crippen LogP contribution in [0.4, 0.5) is 206 Å². The maximum atomic E-state index is 15.1. The van der Waals surface area contributed by atoms with Gasteiger partial charge in [0, 0.05) is 12.8 Å². The van der Waals surface area contributed by atoms with Crippen LogP contribution in [0.2, 0.25) is 0 Å². The highest BCUT2D eigenvalue weighted by Gasteiger charge is 3.04. The van der Waals surface area contributed by atoms with Gasteiger partial charge < -0.3 is 9.47 Å². The van der Waals surface area contributed by atoms with Gasteiger partial charge in [0.15, 0.2) is 0 Å². The molecule has 0 aromatic rings. The Morgan fingerprint density at radius 2 is 0.430 bits per heavy atom. The second kappa shape index (κ2) is 26.1. The van der Waals surface area contributed by atoms with Crippen molar-refractivity contribution in [1.82, 2.24) is 0 Å². The maximum Gasteiger partial charge on any atom is 0.460 e. The van der Waals surface area contributed by atoms with Gasteiger partial charge in [-0.25, -0.2) is 0 Å². The summed E-state index contributed by atoms with van der Waals surface area (Å²) >= 11 is 0. The smallest absolute Gasteiger partial charge is 0.460 e. The van der Waals surface area contributed by atoms with Crippen molar-refractivity contribution in [2.75, 3.05) is 6.61 Å². The molecule has 556 valence electrons. The number of ether oxygens (including phenoxy) is 2. The van der Waals surface area contributed by atoms with Crippen LogP contribution in [0.25, 0.3) is 0 Å². The average Bonchev–Trinajstić information content (AvgIpc) is 0.686. The van der Waals surface area contributed by atoms with E-state index in [2.05, 4.69) is 9.47 Å². The molecule has 0 bridgehead atoms. The molecule has 93 heavy (non-hydrogen) atoms. The van der Waals surface area contributed by atoms with Gasteiger partial charge in [-0.2, -0.15) is 206 Å². The standard InChI is InChI=1S/C42H35F47O4/c1-3-5-7-9-11-13-18(90)92-16-17(93-19(91)14-12-10-8-6-4-2)15-20(43,44)21(45,46)22(47,48)23(49,50)24(51,52)25(53,54)26(55,56)27(57,58)28(59,60)29(61,62)30(63,64)31(65,66)32(67,68)33(69,70)34(71,72)35(73,74)36(75,76)37(77,78)38(79,80)39(81,82)40(83,84)41(85,86)42(87,88)89/h17H,3-16H2,1-2H3. The normalized spacial score (nSPS) is 16.4. The van der Waals surface area contributed by atoms with Crippen LogP contribution in [0, 0.1) is 0 Å². The summed E-state index contributed by atoms with van der Waals surface area (Å²) in [6, 6.07) is 0. The molecular weight excluding hydrogens is 1460 g/mol. The fraction of sp³-hybridized carbons (Fsp3) is 0.952. The van der Waals surface area contributed by atoms with Crippen molar-refractivity contribution in [3.63, 3.8) is 0 Å². The number of carbonyl (C=O) groups is 2. The molecule has 0 aliphatic rings. The third kappa shape index (κ3) is 13.1. The molecule has 0 radical (unpaired) electrons. The number of carbonyl (C=O) groups excluding carboxylic acids is 2. The number of hydrogen-bond donors (Lipinski definition) is 0. The van der Waals surface area contributed by atoms with Crippen LogP contribution >= 0.6 is 0 Å². The summed E-state index contributed by atoms with van der Waals surface area (Å²) in [6.45, 7) is 1.10. The quantitative estimate of drug-likeness (QED) is 0.0351. The summed E-state index contributed by atoms with van der Waals surface area (Å²) in [4.78, 5) is 24.3. The largest absolute Gasteiger partial charge is 0.462 e. The molecule has 0 heterocycles. The van der Waals surface area contributed by atoms with E-state index in [1.54, 1.807) is 13.8 Å². The van der Waals surface area contributed by atoms with Crippen molar-refractivity contribution < 1.29 is 225 Å². The molecule has 0 aliphatic heterocycles. The first-order chi connectivity index (χ1) is 40.3. The Hall–Kier alpha value is -4.35. The summed E-state index contributed by atoms with van der Waals surface area (Å²) in [6.07, 6.45) is -15.7. The molecule has 0 spiro atoms. The van der Waals surface area contributed by atoms with Gasteiger partial charge in [0.05, 0.1) is 6.42 Å². The van der Waals surface area contributed by atoms with E-state index in [1.165, 1.54) is 0 Å². The van der Waals surface area contributed by atoms with E-state index in [4.69, 9.17) is 0 Å². The molecule has 0 rings (SSSR count). The van der Waals surface area contributed by atoms with Gasteiger partial charge in [0.25, 0.3) is 0 Å². The fourth-order valence-electron chi connectivity index (χ4n) is 6.95. The molecule has 1 atom stereocenters. The molecule has 4 nitrogen and oxygen atoms in total. The van der Waals surface area contributed by atoms with Crippen molar-refractivity contribution in [2.45, 2.75) is 240 Å². The zero-order chi connectivity index (χ0) is 75.5. The van der Waals surface area contributed by atoms with Crippen molar-refractivity contribution in [2.24, 2.45) is 0 Å². The molecule has 0 saturated carbocycles. The predicted molar refractivity (Wildman–Crippen MR) is 207 cm³/mol. The number of esters is 2. The van der Waals surface area contributed by atoms with Crippen LogP contribution < -0.4 is 0 Å². The van der Waals surface area contributed by atoms with Gasteiger partial charge in [0.2, 0.25) is 0 Å². The summed E-state index contributed by atoms with van der Waals surface area (Å²) < 4.78 is 674. The molecular formula is C42H35F47O4. The maximum absolute atomic E-state index is 15.1. The van der Waals surface area contributed by atoms with Crippen LogP contribution in [-0.2, 0) is 19.1 Å². The van der Waals surface area contributed by atoms with Crippen molar-refractivity contribution >= 4 is 11.9 Å². The van der Waals surface area contributed by atoms with Crippen LogP contribution in [0.15, 0.2) is 0 Å². The van der Waals surface area contributed by atoms with E-state index in [0.29, 0.717) is 32.1 Å². The first-order valence-corrected chi connectivity index (χ1v) is 24.0. The second-order valence-corrected chi connectivity index (χ2v) is 19.6. The predicted octanol–water partition coefficient (Wildman–Crippen LogP) is 20.1. The van der Waals surface area contributed by atoms with Gasteiger partial charge in [-0.3, -0.25) is 9.59 Å². The third-order valence-electron chi connectivity index (χ3n) is 12.9. The number of hydrogen-bond acceptors (Lipinski definition) is 4. The highest BCUT2D eigenvalue weighted by Crippen LogP contribution is 2.72. The highest BCUT2D eigenvalue weighted by atomic mass is 19.4. The van der Waals surface area contributed by atoms with Crippen molar-refractivity contribution in [3.05, 3.63) is 0 Å². The second-order valence-electron chi connectivity index (χ2n) is 19.6. The van der Waals surface area contributed by atoms with Gasteiger partial charge in [-0.15, -0.1) is 0 Å². The number of unbranched alkanes of at least 4 members (excludes halogenated alkanes) is 8. The average molecular weight is 1500 g/mol. The first-order valence-electron chi connectivity index (χ1n) is 24.0. The van der Waals surface area contributed by atoms with E-state index < -0.39 is 180 Å². The Morgan fingerprint density at radius 3 is 0.634 bits per heavy atom. The Bertz CT molecular complexity index is 2510. The lowest BCUT2D eigenvalue weighted by atomic mass is 9.81. The van der Waals surface area contributed by atoms with Crippen molar-refractivity contribution in [1.29, 1.82) is 0 Å². The number of alkyl halides is 47. The molecule has 51 heteroatoms. The zero-order valence-electron chi connectivity index (χ0n) is 44.4. The van der Waals surface area contributed by atoms with Crippen molar-refractivity contribution in [3.8, 4) is 0 Å². The minimum absolute atomic E-state index is 0.0127. The molecule has 0 aromatic carbocycles. The SMILES string of the molecule is CCCCCCCC(=O)OCC(CC(F)(F)C(F)(F)C(F)(F)C(F)(F)C(F)(F)C(F)(F)C(F)(F)C(F)(F)C(F)(F)C(F)(F)C(F)(F)C(F)(F)C(F)(F)C(F)(F)C(F)(F)C(F)(F)C(F)(F)C(F)(F)C(F)(F)C(F)(F)C(F)(F)C(F)(F)C(F)(F)F)OC(=O)CCCCCCC. The van der Waals surface area contributed by atoms with E-state index in [1.807, 2.05) is 0 Å². The monoisotopic (exact) mass is 1500 g/mol. The van der Waals surface area contributed by atoms with Crippen LogP contribution in [0.1, 0.15) is 97.3 Å². The van der Waals surface area contributed by atoms with Gasteiger partial charge in [-0.1, -0.05) is 65.2 Å². The van der Waals surface area contributed by atoms with Gasteiger partial charge in [-0.05, 0) is 12.8 Å². The Labute approximate surface area is 484 Å². The summed E-state index contributed by atoms with van der Waals surface area (Å²) in [5, 5.41) is 0. The molecule has 0 N–H and O–H groups in total. The molecule has 1 unspecified atom stereocenters. The highest BCUT2D eigenvalue weighted by molar-refractivity contribution is 5.70. The lowest BCUT2D eigenvalue weighted by Gasteiger charge is -2.47. The lowest BCUT2D eigenvalue weighted by Crippen LogP contribution is -2.81. The number of halogens is 47. The summed E-state index contributed by atoms with van der Waals surface area (Å²) in [5.41, 5.74) is 0. The molecule has 0 fully saturated rings. The molecule has 0 aliphatic carbocycles. The number of rotatable bonds is 38. The molecule has 0 aromatic heterocycles. The van der Waals surface area contributed by atoms with E-state index in [0.717, 1.165) is 0 Å². The Balaban J connectivity index is 7.95. The minimum atomic E-state index is -10.9. The fourth-order valence-corrected chi connectivity index (χ4v) is 6.95. The van der Waals surface area contributed by atoms with Crippen LogP contribution in [0.5, 0.6) is 0 Å². The minimum Gasteiger partial charge on any atom is -0.462 e. The lowest BCUT2D eigenvalue weighted by molar-refractivity contribution is -0.498.